The quantitative estimate of drug-likeness (QED) is 0.892. The van der Waals surface area contributed by atoms with Crippen molar-refractivity contribution in [2.24, 2.45) is 5.92 Å². The molecule has 4 rings (SSSR count). The summed E-state index contributed by atoms with van der Waals surface area (Å²) < 4.78 is 6.26. The Labute approximate surface area is 151 Å². The lowest BCUT2D eigenvalue weighted by molar-refractivity contribution is -0.128. The third-order valence-electron chi connectivity index (χ3n) is 5.11. The summed E-state index contributed by atoms with van der Waals surface area (Å²) in [7, 11) is 1.66. The second-order valence-corrected chi connectivity index (χ2v) is 7.91. The first-order valence-electron chi connectivity index (χ1n) is 8.75. The molecule has 1 aromatic heterocycles. The largest absolute Gasteiger partial charge is 0.383 e. The zero-order valence-electron chi connectivity index (χ0n) is 14.3. The Hall–Kier alpha value is -1.92. The van der Waals surface area contributed by atoms with E-state index in [1.54, 1.807) is 18.4 Å². The van der Waals surface area contributed by atoms with Gasteiger partial charge in [-0.05, 0) is 47.4 Å². The Morgan fingerprint density at radius 2 is 2.24 bits per heavy atom. The number of rotatable bonds is 5. The van der Waals surface area contributed by atoms with Crippen LogP contribution < -0.4 is 5.32 Å². The van der Waals surface area contributed by atoms with Gasteiger partial charge in [-0.25, -0.2) is 0 Å². The molecule has 0 unspecified atom stereocenters. The first kappa shape index (κ1) is 16.5. The van der Waals surface area contributed by atoms with E-state index in [2.05, 4.69) is 23.5 Å². The van der Waals surface area contributed by atoms with Crippen LogP contribution in [0.3, 0.4) is 0 Å². The van der Waals surface area contributed by atoms with E-state index in [1.165, 1.54) is 21.2 Å². The van der Waals surface area contributed by atoms with E-state index in [4.69, 9.17) is 4.74 Å². The van der Waals surface area contributed by atoms with Crippen LogP contribution in [0.2, 0.25) is 0 Å². The topological polar surface area (TPSA) is 58.6 Å². The molecule has 1 aromatic carbocycles. The van der Waals surface area contributed by atoms with E-state index in [0.717, 1.165) is 24.3 Å². The average molecular weight is 358 g/mol. The highest BCUT2D eigenvalue weighted by atomic mass is 32.1. The van der Waals surface area contributed by atoms with Gasteiger partial charge in [0.25, 0.3) is 5.91 Å². The number of fused-ring (bicyclic) bond motifs is 3. The van der Waals surface area contributed by atoms with Gasteiger partial charge in [-0.2, -0.15) is 0 Å². The van der Waals surface area contributed by atoms with Crippen LogP contribution >= 0.6 is 11.3 Å². The standard InChI is InChI=1S/C19H22N2O3S/c1-24-7-6-21-11-13(10-17(21)22)8-12-2-3-16-15(9-12)14-4-5-20-19(23)18(14)25-16/h2-3,9,13H,4-8,10-11H2,1H3,(H,20,23)/t13-/m0/s1. The van der Waals surface area contributed by atoms with Crippen LogP contribution in [0.25, 0.3) is 10.1 Å². The van der Waals surface area contributed by atoms with Crippen LogP contribution in [0.1, 0.15) is 27.2 Å². The van der Waals surface area contributed by atoms with Gasteiger partial charge in [-0.3, -0.25) is 9.59 Å². The van der Waals surface area contributed by atoms with Gasteiger partial charge in [0.15, 0.2) is 0 Å². The minimum absolute atomic E-state index is 0.0548. The molecule has 132 valence electrons. The second-order valence-electron chi connectivity index (χ2n) is 6.85. The fourth-order valence-electron chi connectivity index (χ4n) is 3.88. The molecule has 2 aromatic rings. The molecule has 1 saturated heterocycles. The zero-order valence-corrected chi connectivity index (χ0v) is 15.2. The van der Waals surface area contributed by atoms with Crippen LogP contribution in [0.4, 0.5) is 0 Å². The SMILES string of the molecule is COCCN1C[C@@H](Cc2ccc3sc4c(c3c2)CCNC4=O)CC1=O. The van der Waals surface area contributed by atoms with E-state index in [9.17, 15) is 9.59 Å². The van der Waals surface area contributed by atoms with Gasteiger partial charge in [0.2, 0.25) is 5.91 Å². The first-order valence-corrected chi connectivity index (χ1v) is 9.56. The van der Waals surface area contributed by atoms with Crippen molar-refractivity contribution in [3.63, 3.8) is 0 Å². The Bertz CT molecular complexity index is 829. The Balaban J connectivity index is 1.53. The molecule has 0 aliphatic carbocycles. The van der Waals surface area contributed by atoms with Gasteiger partial charge in [0.05, 0.1) is 11.5 Å². The van der Waals surface area contributed by atoms with Gasteiger partial charge in [0, 0.05) is 37.9 Å². The normalized spacial score (nSPS) is 20.2. The van der Waals surface area contributed by atoms with Crippen molar-refractivity contribution in [2.45, 2.75) is 19.3 Å². The maximum absolute atomic E-state index is 12.1. The van der Waals surface area contributed by atoms with Gasteiger partial charge >= 0.3 is 0 Å². The van der Waals surface area contributed by atoms with E-state index < -0.39 is 0 Å². The van der Waals surface area contributed by atoms with Crippen LogP contribution in [0.5, 0.6) is 0 Å². The van der Waals surface area contributed by atoms with Crippen molar-refractivity contribution in [3.05, 3.63) is 34.2 Å². The number of carbonyl (C=O) groups is 2. The minimum Gasteiger partial charge on any atom is -0.383 e. The van der Waals surface area contributed by atoms with Crippen molar-refractivity contribution < 1.29 is 14.3 Å². The summed E-state index contributed by atoms with van der Waals surface area (Å²) in [6, 6.07) is 6.50. The molecule has 0 radical (unpaired) electrons. The minimum atomic E-state index is 0.0548. The van der Waals surface area contributed by atoms with Crippen LogP contribution in [0, 0.1) is 5.92 Å². The molecule has 5 nitrogen and oxygen atoms in total. The second kappa shape index (κ2) is 6.77. The third kappa shape index (κ3) is 3.16. The number of thiophene rings is 1. The number of ether oxygens (including phenoxy) is 1. The molecule has 0 saturated carbocycles. The van der Waals surface area contributed by atoms with E-state index in [0.29, 0.717) is 32.0 Å². The van der Waals surface area contributed by atoms with Crippen molar-refractivity contribution in [3.8, 4) is 0 Å². The molecule has 1 fully saturated rings. The number of methoxy groups -OCH3 is 1. The molecule has 0 bridgehead atoms. The third-order valence-corrected chi connectivity index (χ3v) is 6.32. The van der Waals surface area contributed by atoms with Gasteiger partial charge in [-0.15, -0.1) is 11.3 Å². The number of nitrogens with zero attached hydrogens (tertiary/aromatic N) is 1. The number of hydrogen-bond donors (Lipinski definition) is 1. The van der Waals surface area contributed by atoms with Gasteiger partial charge in [-0.1, -0.05) is 6.07 Å². The van der Waals surface area contributed by atoms with E-state index in [1.807, 2.05) is 4.90 Å². The van der Waals surface area contributed by atoms with Crippen LogP contribution in [0.15, 0.2) is 18.2 Å². The highest BCUT2D eigenvalue weighted by Crippen LogP contribution is 2.34. The number of amides is 2. The Kier molecular flexibility index (Phi) is 4.48. The highest BCUT2D eigenvalue weighted by molar-refractivity contribution is 7.21. The van der Waals surface area contributed by atoms with Crippen molar-refractivity contribution >= 4 is 33.2 Å². The first-order chi connectivity index (χ1) is 12.2. The lowest BCUT2D eigenvalue weighted by Crippen LogP contribution is -2.30. The molecule has 1 N–H and O–H groups in total. The Morgan fingerprint density at radius 1 is 1.36 bits per heavy atom. The molecule has 2 aliphatic heterocycles. The lowest BCUT2D eigenvalue weighted by Gasteiger charge is -2.16. The lowest BCUT2D eigenvalue weighted by atomic mass is 9.96. The fraction of sp³-hybridized carbons (Fsp3) is 0.474. The van der Waals surface area contributed by atoms with E-state index >= 15 is 0 Å². The summed E-state index contributed by atoms with van der Waals surface area (Å²) in [4.78, 5) is 26.9. The summed E-state index contributed by atoms with van der Waals surface area (Å²) in [5, 5.41) is 4.13. The monoisotopic (exact) mass is 358 g/mol. The zero-order chi connectivity index (χ0) is 17.4. The number of nitrogens with one attached hydrogen (secondary N) is 1. The van der Waals surface area contributed by atoms with Gasteiger partial charge in [0.1, 0.15) is 0 Å². The summed E-state index contributed by atoms with van der Waals surface area (Å²) in [6.07, 6.45) is 2.42. The number of benzene rings is 1. The molecule has 25 heavy (non-hydrogen) atoms. The van der Waals surface area contributed by atoms with Crippen molar-refractivity contribution in [2.75, 3.05) is 33.4 Å². The molecule has 1 atom stereocenters. The summed E-state index contributed by atoms with van der Waals surface area (Å²) in [6.45, 7) is 2.80. The maximum Gasteiger partial charge on any atom is 0.261 e. The van der Waals surface area contributed by atoms with Crippen LogP contribution in [-0.2, 0) is 22.4 Å². The van der Waals surface area contributed by atoms with Crippen LogP contribution in [-0.4, -0.2) is 50.1 Å². The summed E-state index contributed by atoms with van der Waals surface area (Å²) in [5.41, 5.74) is 2.44. The van der Waals surface area contributed by atoms with Crippen molar-refractivity contribution in [1.82, 2.24) is 10.2 Å². The number of carbonyl (C=O) groups excluding carboxylic acids is 2. The number of hydrogen-bond acceptors (Lipinski definition) is 4. The average Bonchev–Trinajstić information content (AvgIpc) is 3.14. The predicted molar refractivity (Wildman–Crippen MR) is 98.1 cm³/mol. The molecule has 3 heterocycles. The summed E-state index contributed by atoms with van der Waals surface area (Å²) >= 11 is 1.58. The molecule has 2 aliphatic rings. The molecule has 6 heteroatoms. The molecule has 2 amide bonds. The molecular formula is C19H22N2O3S. The Morgan fingerprint density at radius 3 is 3.08 bits per heavy atom. The number of likely N-dealkylation sites (tertiary alicyclic amines) is 1. The molecule has 0 spiro atoms. The smallest absolute Gasteiger partial charge is 0.261 e. The summed E-state index contributed by atoms with van der Waals surface area (Å²) in [5.74, 6) is 0.645. The highest BCUT2D eigenvalue weighted by Gasteiger charge is 2.29. The van der Waals surface area contributed by atoms with Crippen molar-refractivity contribution in [1.29, 1.82) is 0 Å². The molecular weight excluding hydrogens is 336 g/mol. The van der Waals surface area contributed by atoms with Gasteiger partial charge < -0.3 is 15.0 Å². The fourth-order valence-corrected chi connectivity index (χ4v) is 5.03. The maximum atomic E-state index is 12.1. The predicted octanol–water partition coefficient (Wildman–Crippen LogP) is 2.22. The van der Waals surface area contributed by atoms with E-state index in [-0.39, 0.29) is 11.8 Å².